The molecular weight excluding hydrogens is 331 g/mol. The molecule has 1 aromatic carbocycles. The number of likely N-dealkylation sites (tertiary alicyclic amines) is 1. The summed E-state index contributed by atoms with van der Waals surface area (Å²) >= 11 is 18.2. The molecule has 2 rings (SSSR count). The maximum atomic E-state index is 12.2. The van der Waals surface area contributed by atoms with Crippen molar-refractivity contribution >= 4 is 40.7 Å². The first-order chi connectivity index (χ1) is 9.97. The molecule has 1 heterocycles. The molecule has 1 amide bonds. The van der Waals surface area contributed by atoms with E-state index in [1.807, 2.05) is 35.2 Å². The highest BCUT2D eigenvalue weighted by Crippen LogP contribution is 2.33. The normalized spacial score (nSPS) is 18.2. The highest BCUT2D eigenvalue weighted by Gasteiger charge is 2.38. The second-order valence-corrected chi connectivity index (χ2v) is 7.64. The standard InChI is InChI=1S/C15H19Cl3N2O/c16-15(17,18)14(20-9-5-2-6-10-20)19-13(21)11-12-7-3-1-4-8-12/h1,3-4,7-8,14H,2,5-6,9-11H2,(H,19,21)/t14-/m1/s1. The van der Waals surface area contributed by atoms with Gasteiger partial charge in [0.15, 0.2) is 0 Å². The number of nitrogens with zero attached hydrogens (tertiary/aromatic N) is 1. The van der Waals surface area contributed by atoms with Crippen LogP contribution in [0.15, 0.2) is 30.3 Å². The first-order valence-electron chi connectivity index (χ1n) is 7.11. The molecule has 0 spiro atoms. The van der Waals surface area contributed by atoms with Gasteiger partial charge in [0.25, 0.3) is 0 Å². The van der Waals surface area contributed by atoms with E-state index >= 15 is 0 Å². The van der Waals surface area contributed by atoms with Crippen LogP contribution in [-0.2, 0) is 11.2 Å². The molecule has 1 aliphatic heterocycles. The van der Waals surface area contributed by atoms with E-state index in [2.05, 4.69) is 5.32 Å². The molecule has 1 aliphatic rings. The van der Waals surface area contributed by atoms with Gasteiger partial charge in [-0.1, -0.05) is 71.6 Å². The Hall–Kier alpha value is -0.480. The Morgan fingerprint density at radius 2 is 1.76 bits per heavy atom. The lowest BCUT2D eigenvalue weighted by molar-refractivity contribution is -0.122. The van der Waals surface area contributed by atoms with E-state index in [0.717, 1.165) is 31.5 Å². The number of hydrogen-bond donors (Lipinski definition) is 1. The van der Waals surface area contributed by atoms with Crippen LogP contribution in [0.25, 0.3) is 0 Å². The third-order valence-electron chi connectivity index (χ3n) is 3.57. The lowest BCUT2D eigenvalue weighted by Crippen LogP contribution is -2.57. The number of halogens is 3. The zero-order valence-electron chi connectivity index (χ0n) is 11.7. The topological polar surface area (TPSA) is 32.3 Å². The van der Waals surface area contributed by atoms with Gasteiger partial charge in [-0.25, -0.2) is 0 Å². The summed E-state index contributed by atoms with van der Waals surface area (Å²) < 4.78 is -1.54. The second-order valence-electron chi connectivity index (χ2n) is 5.27. The summed E-state index contributed by atoms with van der Waals surface area (Å²) in [5, 5.41) is 2.87. The summed E-state index contributed by atoms with van der Waals surface area (Å²) in [6, 6.07) is 9.54. The second kappa shape index (κ2) is 7.68. The maximum absolute atomic E-state index is 12.2. The summed E-state index contributed by atoms with van der Waals surface area (Å²) in [7, 11) is 0. The summed E-state index contributed by atoms with van der Waals surface area (Å²) in [4.78, 5) is 14.2. The first-order valence-corrected chi connectivity index (χ1v) is 8.24. The van der Waals surface area contributed by atoms with E-state index in [9.17, 15) is 4.79 Å². The van der Waals surface area contributed by atoms with Crippen LogP contribution in [0.3, 0.4) is 0 Å². The molecule has 1 aromatic rings. The van der Waals surface area contributed by atoms with Gasteiger partial charge in [0, 0.05) is 13.1 Å². The molecule has 21 heavy (non-hydrogen) atoms. The number of rotatable bonds is 4. The summed E-state index contributed by atoms with van der Waals surface area (Å²) in [6.07, 6.45) is 3.00. The van der Waals surface area contributed by atoms with Crippen molar-refractivity contribution < 1.29 is 4.79 Å². The van der Waals surface area contributed by atoms with Gasteiger partial charge in [-0.15, -0.1) is 0 Å². The van der Waals surface area contributed by atoms with Gasteiger partial charge in [-0.05, 0) is 18.4 Å². The molecule has 0 aliphatic carbocycles. The van der Waals surface area contributed by atoms with Crippen molar-refractivity contribution in [1.82, 2.24) is 10.2 Å². The van der Waals surface area contributed by atoms with Gasteiger partial charge in [-0.3, -0.25) is 9.69 Å². The molecule has 0 bridgehead atoms. The number of nitrogens with one attached hydrogen (secondary N) is 1. The SMILES string of the molecule is O=C(Cc1ccccc1)N[C@H](N1CCCCC1)C(Cl)(Cl)Cl. The van der Waals surface area contributed by atoms with Crippen LogP contribution in [0.5, 0.6) is 0 Å². The Bertz CT molecular complexity index is 456. The average molecular weight is 350 g/mol. The number of benzene rings is 1. The lowest BCUT2D eigenvalue weighted by Gasteiger charge is -2.38. The number of carbonyl (C=O) groups excluding carboxylic acids is 1. The van der Waals surface area contributed by atoms with Gasteiger partial charge in [0.2, 0.25) is 9.70 Å². The molecule has 0 unspecified atom stereocenters. The summed E-state index contributed by atoms with van der Waals surface area (Å²) in [6.45, 7) is 1.67. The van der Waals surface area contributed by atoms with E-state index in [-0.39, 0.29) is 12.3 Å². The molecule has 1 fully saturated rings. The zero-order chi connectivity index (χ0) is 15.3. The van der Waals surface area contributed by atoms with Crippen LogP contribution >= 0.6 is 34.8 Å². The van der Waals surface area contributed by atoms with Gasteiger partial charge in [-0.2, -0.15) is 0 Å². The molecular formula is C15H19Cl3N2O. The van der Waals surface area contributed by atoms with Crippen LogP contribution in [0.1, 0.15) is 24.8 Å². The quantitative estimate of drug-likeness (QED) is 0.843. The van der Waals surface area contributed by atoms with E-state index in [1.165, 1.54) is 6.42 Å². The van der Waals surface area contributed by atoms with Crippen molar-refractivity contribution in [2.75, 3.05) is 13.1 Å². The van der Waals surface area contributed by atoms with Crippen molar-refractivity contribution in [3.05, 3.63) is 35.9 Å². The van der Waals surface area contributed by atoms with E-state index in [0.29, 0.717) is 0 Å². The summed E-state index contributed by atoms with van der Waals surface area (Å²) in [5.41, 5.74) is 0.941. The van der Waals surface area contributed by atoms with Crippen molar-refractivity contribution in [3.8, 4) is 0 Å². The Morgan fingerprint density at radius 1 is 1.14 bits per heavy atom. The number of amides is 1. The predicted molar refractivity (Wildman–Crippen MR) is 87.8 cm³/mol. The largest absolute Gasteiger partial charge is 0.336 e. The molecule has 1 atom stereocenters. The van der Waals surface area contributed by atoms with E-state index < -0.39 is 9.96 Å². The predicted octanol–water partition coefficient (Wildman–Crippen LogP) is 3.53. The van der Waals surface area contributed by atoms with Crippen LogP contribution in [0.2, 0.25) is 0 Å². The third kappa shape index (κ3) is 5.33. The fraction of sp³-hybridized carbons (Fsp3) is 0.533. The number of hydrogen-bond acceptors (Lipinski definition) is 2. The Kier molecular flexibility index (Phi) is 6.18. The highest BCUT2D eigenvalue weighted by molar-refractivity contribution is 6.68. The van der Waals surface area contributed by atoms with Crippen LogP contribution < -0.4 is 5.32 Å². The monoisotopic (exact) mass is 348 g/mol. The minimum atomic E-state index is -1.54. The minimum absolute atomic E-state index is 0.136. The average Bonchev–Trinajstić information content (AvgIpc) is 2.45. The molecule has 6 heteroatoms. The van der Waals surface area contributed by atoms with Crippen molar-refractivity contribution in [3.63, 3.8) is 0 Å². The Balaban J connectivity index is 1.99. The van der Waals surface area contributed by atoms with Gasteiger partial charge >= 0.3 is 0 Å². The van der Waals surface area contributed by atoms with Crippen molar-refractivity contribution in [2.45, 2.75) is 35.6 Å². The van der Waals surface area contributed by atoms with Crippen molar-refractivity contribution in [1.29, 1.82) is 0 Å². The maximum Gasteiger partial charge on any atom is 0.225 e. The molecule has 0 aromatic heterocycles. The smallest absolute Gasteiger partial charge is 0.225 e. The molecule has 1 saturated heterocycles. The van der Waals surface area contributed by atoms with E-state index in [1.54, 1.807) is 0 Å². The molecule has 0 saturated carbocycles. The first kappa shape index (κ1) is 16.9. The highest BCUT2D eigenvalue weighted by atomic mass is 35.6. The van der Waals surface area contributed by atoms with Crippen LogP contribution in [0, 0.1) is 0 Å². The third-order valence-corrected chi connectivity index (χ3v) is 4.19. The fourth-order valence-corrected chi connectivity index (χ4v) is 3.12. The zero-order valence-corrected chi connectivity index (χ0v) is 14.0. The lowest BCUT2D eigenvalue weighted by atomic mass is 10.1. The number of piperidine rings is 1. The Morgan fingerprint density at radius 3 is 2.33 bits per heavy atom. The van der Waals surface area contributed by atoms with Crippen LogP contribution in [-0.4, -0.2) is 33.9 Å². The number of alkyl halides is 3. The van der Waals surface area contributed by atoms with Crippen molar-refractivity contribution in [2.24, 2.45) is 0 Å². The van der Waals surface area contributed by atoms with E-state index in [4.69, 9.17) is 34.8 Å². The van der Waals surface area contributed by atoms with Crippen LogP contribution in [0.4, 0.5) is 0 Å². The summed E-state index contributed by atoms with van der Waals surface area (Å²) in [5.74, 6) is -0.136. The van der Waals surface area contributed by atoms with Gasteiger partial charge < -0.3 is 5.32 Å². The van der Waals surface area contributed by atoms with Gasteiger partial charge in [0.1, 0.15) is 6.17 Å². The number of carbonyl (C=O) groups is 1. The fourth-order valence-electron chi connectivity index (χ4n) is 2.54. The van der Waals surface area contributed by atoms with Gasteiger partial charge in [0.05, 0.1) is 6.42 Å². The molecule has 1 N–H and O–H groups in total. The molecule has 116 valence electrons. The molecule has 0 radical (unpaired) electrons. The Labute approximate surface area is 140 Å². The minimum Gasteiger partial charge on any atom is -0.336 e. The molecule has 3 nitrogen and oxygen atoms in total.